The van der Waals surface area contributed by atoms with Crippen LogP contribution in [-0.4, -0.2) is 29.9 Å². The predicted molar refractivity (Wildman–Crippen MR) is 136 cm³/mol. The number of hydrogen-bond donors (Lipinski definition) is 0. The van der Waals surface area contributed by atoms with Gasteiger partial charge in [0.2, 0.25) is 0 Å². The first kappa shape index (κ1) is 24.0. The van der Waals surface area contributed by atoms with Crippen molar-refractivity contribution in [3.63, 3.8) is 0 Å². The fourth-order valence-corrected chi connectivity index (χ4v) is 5.51. The molecule has 184 valence electrons. The zero-order valence-corrected chi connectivity index (χ0v) is 20.2. The van der Waals surface area contributed by atoms with Crippen LogP contribution in [0, 0.1) is 11.8 Å². The van der Waals surface area contributed by atoms with Gasteiger partial charge in [-0.15, -0.1) is 0 Å². The van der Waals surface area contributed by atoms with Crippen LogP contribution in [0.3, 0.4) is 0 Å². The van der Waals surface area contributed by atoms with Crippen molar-refractivity contribution in [1.29, 1.82) is 0 Å². The standard InChI is InChI=1S/C31H30O5/c32-25(16-11-21-7-3-1-4-8-21)17-18-26-27-19-30(33)35-29(27)20-28(26)36-31(34)24-14-12-23(13-15-24)22-9-5-2-6-10-22/h1-10,12-15,26-29H,11,16-20H2/t26-,27-,28-,29+/m1/s1. The highest BCUT2D eigenvalue weighted by Gasteiger charge is 2.51. The van der Waals surface area contributed by atoms with E-state index in [0.29, 0.717) is 37.7 Å². The van der Waals surface area contributed by atoms with E-state index < -0.39 is 0 Å². The summed E-state index contributed by atoms with van der Waals surface area (Å²) in [5, 5.41) is 0. The number of ether oxygens (including phenoxy) is 2. The molecule has 1 saturated carbocycles. The normalized spacial score (nSPS) is 22.6. The summed E-state index contributed by atoms with van der Waals surface area (Å²) in [4.78, 5) is 37.5. The predicted octanol–water partition coefficient (Wildman–Crippen LogP) is 5.81. The fraction of sp³-hybridized carbons (Fsp3) is 0.323. The first-order chi connectivity index (χ1) is 17.6. The Bertz CT molecular complexity index is 1200. The van der Waals surface area contributed by atoms with Crippen LogP contribution in [0.4, 0.5) is 0 Å². The minimum atomic E-state index is -0.383. The van der Waals surface area contributed by atoms with E-state index in [1.165, 1.54) is 0 Å². The van der Waals surface area contributed by atoms with Crippen LogP contribution in [0.15, 0.2) is 84.9 Å². The molecule has 1 aliphatic carbocycles. The summed E-state index contributed by atoms with van der Waals surface area (Å²) in [6.45, 7) is 0. The molecule has 0 N–H and O–H groups in total. The Balaban J connectivity index is 1.20. The van der Waals surface area contributed by atoms with Crippen molar-refractivity contribution in [1.82, 2.24) is 0 Å². The SMILES string of the molecule is O=C(CCc1ccccc1)CC[C@@H]1[C@H]2CC(=O)O[C@H]2C[C@H]1OC(=O)c1ccc(-c2ccccc2)cc1. The van der Waals surface area contributed by atoms with Crippen LogP contribution in [0.5, 0.6) is 0 Å². The van der Waals surface area contributed by atoms with Crippen LogP contribution < -0.4 is 0 Å². The second-order valence-corrected chi connectivity index (χ2v) is 9.75. The Kier molecular flexibility index (Phi) is 7.26. The second-order valence-electron chi connectivity index (χ2n) is 9.75. The minimum absolute atomic E-state index is 0.00215. The number of carbonyl (C=O) groups is 3. The van der Waals surface area contributed by atoms with Crippen molar-refractivity contribution in [2.45, 2.75) is 50.7 Å². The van der Waals surface area contributed by atoms with Crippen molar-refractivity contribution in [2.24, 2.45) is 11.8 Å². The second kappa shape index (κ2) is 10.9. The Morgan fingerprint density at radius 3 is 2.22 bits per heavy atom. The first-order valence-corrected chi connectivity index (χ1v) is 12.7. The summed E-state index contributed by atoms with van der Waals surface area (Å²) in [5.41, 5.74) is 3.74. The van der Waals surface area contributed by atoms with Gasteiger partial charge < -0.3 is 9.47 Å². The molecule has 1 heterocycles. The van der Waals surface area contributed by atoms with Gasteiger partial charge in [-0.3, -0.25) is 9.59 Å². The van der Waals surface area contributed by atoms with E-state index in [1.54, 1.807) is 12.1 Å². The summed E-state index contributed by atoms with van der Waals surface area (Å²) in [6, 6.07) is 27.3. The van der Waals surface area contributed by atoms with E-state index in [-0.39, 0.29) is 41.8 Å². The van der Waals surface area contributed by atoms with Crippen molar-refractivity contribution in [3.05, 3.63) is 96.1 Å². The van der Waals surface area contributed by atoms with Crippen LogP contribution >= 0.6 is 0 Å². The average molecular weight is 483 g/mol. The summed E-state index contributed by atoms with van der Waals surface area (Å²) in [5.74, 6) is -0.459. The number of fused-ring (bicyclic) bond motifs is 1. The number of rotatable bonds is 9. The lowest BCUT2D eigenvalue weighted by atomic mass is 9.87. The lowest BCUT2D eigenvalue weighted by Crippen LogP contribution is -2.26. The summed E-state index contributed by atoms with van der Waals surface area (Å²) < 4.78 is 11.4. The van der Waals surface area contributed by atoms with Crippen molar-refractivity contribution in [2.75, 3.05) is 0 Å². The maximum Gasteiger partial charge on any atom is 0.338 e. The Hall–Kier alpha value is -3.73. The van der Waals surface area contributed by atoms with Gasteiger partial charge in [0.05, 0.1) is 12.0 Å². The molecule has 36 heavy (non-hydrogen) atoms. The number of aryl methyl sites for hydroxylation is 1. The highest BCUT2D eigenvalue weighted by Crippen LogP contribution is 2.45. The molecule has 0 bridgehead atoms. The third-order valence-corrected chi connectivity index (χ3v) is 7.43. The molecule has 0 amide bonds. The average Bonchev–Trinajstić information content (AvgIpc) is 3.42. The summed E-state index contributed by atoms with van der Waals surface area (Å²) in [7, 11) is 0. The zero-order valence-electron chi connectivity index (χ0n) is 20.2. The molecule has 3 aromatic carbocycles. The molecule has 0 spiro atoms. The van der Waals surface area contributed by atoms with Gasteiger partial charge in [-0.05, 0) is 41.7 Å². The van der Waals surface area contributed by atoms with Crippen molar-refractivity contribution < 1.29 is 23.9 Å². The molecule has 2 fully saturated rings. The van der Waals surface area contributed by atoms with E-state index in [0.717, 1.165) is 23.1 Å². The van der Waals surface area contributed by atoms with Gasteiger partial charge in [0.25, 0.3) is 0 Å². The molecule has 0 radical (unpaired) electrons. The van der Waals surface area contributed by atoms with Crippen LogP contribution in [0.2, 0.25) is 0 Å². The number of ketones is 1. The molecule has 1 saturated heterocycles. The van der Waals surface area contributed by atoms with E-state index in [9.17, 15) is 14.4 Å². The summed E-state index contributed by atoms with van der Waals surface area (Å²) in [6.07, 6.45) is 2.43. The molecule has 0 unspecified atom stereocenters. The Morgan fingerprint density at radius 2 is 1.50 bits per heavy atom. The Morgan fingerprint density at radius 1 is 0.833 bits per heavy atom. The van der Waals surface area contributed by atoms with Crippen molar-refractivity contribution in [3.8, 4) is 11.1 Å². The van der Waals surface area contributed by atoms with Gasteiger partial charge in [0.15, 0.2) is 0 Å². The lowest BCUT2D eigenvalue weighted by Gasteiger charge is -2.23. The third kappa shape index (κ3) is 5.56. The molecule has 1 aliphatic heterocycles. The smallest absolute Gasteiger partial charge is 0.338 e. The van der Waals surface area contributed by atoms with Crippen LogP contribution in [0.25, 0.3) is 11.1 Å². The van der Waals surface area contributed by atoms with Crippen LogP contribution in [-0.2, 0) is 25.5 Å². The molecule has 5 heteroatoms. The van der Waals surface area contributed by atoms with Gasteiger partial charge in [0, 0.05) is 31.1 Å². The van der Waals surface area contributed by atoms with Gasteiger partial charge in [-0.2, -0.15) is 0 Å². The molecule has 5 rings (SSSR count). The first-order valence-electron chi connectivity index (χ1n) is 12.7. The van der Waals surface area contributed by atoms with E-state index in [2.05, 4.69) is 0 Å². The maximum absolute atomic E-state index is 13.0. The largest absolute Gasteiger partial charge is 0.462 e. The summed E-state index contributed by atoms with van der Waals surface area (Å²) >= 11 is 0. The molecular weight excluding hydrogens is 452 g/mol. The van der Waals surface area contributed by atoms with Gasteiger partial charge in [-0.25, -0.2) is 4.79 Å². The fourth-order valence-electron chi connectivity index (χ4n) is 5.51. The van der Waals surface area contributed by atoms with E-state index in [4.69, 9.17) is 9.47 Å². The van der Waals surface area contributed by atoms with Crippen LogP contribution in [0.1, 0.15) is 48.0 Å². The number of benzene rings is 3. The molecule has 3 aromatic rings. The lowest BCUT2D eigenvalue weighted by molar-refractivity contribution is -0.141. The molecule has 5 nitrogen and oxygen atoms in total. The number of carbonyl (C=O) groups excluding carboxylic acids is 3. The monoisotopic (exact) mass is 482 g/mol. The molecule has 2 aliphatic rings. The maximum atomic E-state index is 13.0. The van der Waals surface area contributed by atoms with Crippen molar-refractivity contribution >= 4 is 17.7 Å². The number of esters is 2. The third-order valence-electron chi connectivity index (χ3n) is 7.43. The number of hydrogen-bond acceptors (Lipinski definition) is 5. The van der Waals surface area contributed by atoms with E-state index >= 15 is 0 Å². The topological polar surface area (TPSA) is 69.7 Å². The highest BCUT2D eigenvalue weighted by atomic mass is 16.6. The van der Waals surface area contributed by atoms with Gasteiger partial charge in [0.1, 0.15) is 18.0 Å². The quantitative estimate of drug-likeness (QED) is 0.360. The van der Waals surface area contributed by atoms with E-state index in [1.807, 2.05) is 72.8 Å². The zero-order chi connectivity index (χ0) is 24.9. The molecule has 0 aromatic heterocycles. The molecular formula is C31H30O5. The minimum Gasteiger partial charge on any atom is -0.462 e. The Labute approximate surface area is 211 Å². The van der Waals surface area contributed by atoms with Gasteiger partial charge >= 0.3 is 11.9 Å². The highest BCUT2D eigenvalue weighted by molar-refractivity contribution is 5.90. The van der Waals surface area contributed by atoms with Gasteiger partial charge in [-0.1, -0.05) is 72.8 Å². The number of Topliss-reactive ketones (excluding diaryl/α,β-unsaturated/α-hetero) is 1. The molecule has 4 atom stereocenters.